The van der Waals surface area contributed by atoms with Crippen LogP contribution >= 0.6 is 11.8 Å². The molecule has 0 aliphatic heterocycles. The number of carbonyl (C=O) groups is 3. The fourth-order valence-corrected chi connectivity index (χ4v) is 2.80. The Bertz CT molecular complexity index is 613. The molecule has 1 aromatic rings. The number of amides is 1. The van der Waals surface area contributed by atoms with E-state index >= 15 is 0 Å². The molecule has 5 nitrogen and oxygen atoms in total. The first-order valence-corrected chi connectivity index (χ1v) is 8.40. The molecule has 0 fully saturated rings. The van der Waals surface area contributed by atoms with Crippen molar-refractivity contribution in [2.75, 3.05) is 24.3 Å². The van der Waals surface area contributed by atoms with Crippen molar-refractivity contribution in [3.63, 3.8) is 0 Å². The van der Waals surface area contributed by atoms with Crippen LogP contribution in [0.15, 0.2) is 12.1 Å². The zero-order valence-corrected chi connectivity index (χ0v) is 15.1. The third-order valence-electron chi connectivity index (χ3n) is 3.63. The summed E-state index contributed by atoms with van der Waals surface area (Å²) >= 11 is 0.976. The third-order valence-corrected chi connectivity index (χ3v) is 4.64. The van der Waals surface area contributed by atoms with Crippen molar-refractivity contribution in [3.8, 4) is 0 Å². The molecule has 0 heterocycles. The Kier molecular flexibility index (Phi) is 7.29. The van der Waals surface area contributed by atoms with Crippen molar-refractivity contribution in [1.29, 1.82) is 0 Å². The molecule has 0 unspecified atom stereocenters. The van der Waals surface area contributed by atoms with Crippen LogP contribution in [0.3, 0.4) is 0 Å². The molecule has 0 saturated heterocycles. The number of hydrogen-bond acceptors (Lipinski definition) is 5. The molecule has 126 valence electrons. The number of anilines is 1. The first kappa shape index (κ1) is 19.2. The van der Waals surface area contributed by atoms with Crippen LogP contribution in [0, 0.1) is 20.8 Å². The molecule has 1 rings (SSSR count). The van der Waals surface area contributed by atoms with E-state index in [1.54, 1.807) is 6.92 Å². The van der Waals surface area contributed by atoms with Gasteiger partial charge in [0.1, 0.15) is 6.54 Å². The molecule has 0 atom stereocenters. The van der Waals surface area contributed by atoms with Gasteiger partial charge in [0.15, 0.2) is 5.12 Å². The summed E-state index contributed by atoms with van der Waals surface area (Å²) in [6, 6.07) is 3.89. The lowest BCUT2D eigenvalue weighted by Gasteiger charge is -2.26. The molecule has 0 aliphatic rings. The standard InChI is InChI=1S/C17H23NO4S/c1-6-16(21)23-10-14(19)18(9-15(20)22-5)17-12(3)8-7-11(2)13(17)4/h7-8H,6,9-10H2,1-5H3. The van der Waals surface area contributed by atoms with Gasteiger partial charge in [0, 0.05) is 6.42 Å². The molecule has 1 aromatic carbocycles. The fourth-order valence-electron chi connectivity index (χ4n) is 2.16. The topological polar surface area (TPSA) is 63.7 Å². The van der Waals surface area contributed by atoms with E-state index in [1.807, 2.05) is 32.9 Å². The maximum atomic E-state index is 12.6. The Balaban J connectivity index is 3.15. The number of hydrogen-bond donors (Lipinski definition) is 0. The van der Waals surface area contributed by atoms with E-state index in [0.29, 0.717) is 12.1 Å². The molecule has 6 heteroatoms. The van der Waals surface area contributed by atoms with Gasteiger partial charge in [0.25, 0.3) is 0 Å². The minimum atomic E-state index is -0.495. The maximum Gasteiger partial charge on any atom is 0.325 e. The zero-order chi connectivity index (χ0) is 17.6. The smallest absolute Gasteiger partial charge is 0.325 e. The fraction of sp³-hybridized carbons (Fsp3) is 0.471. The minimum absolute atomic E-state index is 0.0104. The lowest BCUT2D eigenvalue weighted by molar-refractivity contribution is -0.139. The normalized spacial score (nSPS) is 10.3. The Morgan fingerprint density at radius 3 is 2.30 bits per heavy atom. The van der Waals surface area contributed by atoms with Gasteiger partial charge in [-0.1, -0.05) is 30.8 Å². The summed E-state index contributed by atoms with van der Waals surface area (Å²) in [5.41, 5.74) is 3.58. The van der Waals surface area contributed by atoms with Gasteiger partial charge in [-0.15, -0.1) is 0 Å². The van der Waals surface area contributed by atoms with Crippen LogP contribution in [0.5, 0.6) is 0 Å². The van der Waals surface area contributed by atoms with E-state index < -0.39 is 5.97 Å². The second kappa shape index (κ2) is 8.72. The van der Waals surface area contributed by atoms with Gasteiger partial charge < -0.3 is 4.74 Å². The van der Waals surface area contributed by atoms with Crippen molar-refractivity contribution in [2.24, 2.45) is 0 Å². The van der Waals surface area contributed by atoms with Gasteiger partial charge in [0.05, 0.1) is 18.6 Å². The van der Waals surface area contributed by atoms with Crippen molar-refractivity contribution in [3.05, 3.63) is 28.8 Å². The molecule has 0 N–H and O–H groups in total. The van der Waals surface area contributed by atoms with Crippen LogP contribution in [-0.2, 0) is 19.1 Å². The number of esters is 1. The number of carbonyl (C=O) groups excluding carboxylic acids is 3. The Morgan fingerprint density at radius 2 is 1.74 bits per heavy atom. The predicted molar refractivity (Wildman–Crippen MR) is 92.8 cm³/mol. The van der Waals surface area contributed by atoms with Crippen LogP contribution in [-0.4, -0.2) is 36.4 Å². The number of methoxy groups -OCH3 is 1. The summed E-state index contributed by atoms with van der Waals surface area (Å²) in [6.45, 7) is 7.35. The highest BCUT2D eigenvalue weighted by Crippen LogP contribution is 2.28. The number of nitrogens with zero attached hydrogens (tertiary/aromatic N) is 1. The summed E-state index contributed by atoms with van der Waals surface area (Å²) < 4.78 is 4.70. The van der Waals surface area contributed by atoms with Crippen LogP contribution in [0.2, 0.25) is 0 Å². The first-order chi connectivity index (χ1) is 10.8. The molecule has 0 bridgehead atoms. The monoisotopic (exact) mass is 337 g/mol. The third kappa shape index (κ3) is 5.10. The van der Waals surface area contributed by atoms with Crippen LogP contribution in [0.1, 0.15) is 30.0 Å². The zero-order valence-electron chi connectivity index (χ0n) is 14.3. The number of ether oxygens (including phenoxy) is 1. The number of rotatable bonds is 6. The van der Waals surface area contributed by atoms with E-state index in [9.17, 15) is 14.4 Å². The van der Waals surface area contributed by atoms with Gasteiger partial charge in [-0.3, -0.25) is 19.3 Å². The Morgan fingerprint density at radius 1 is 1.13 bits per heavy atom. The summed E-state index contributed by atoms with van der Waals surface area (Å²) in [5, 5.41) is -0.0472. The molecule has 0 radical (unpaired) electrons. The van der Waals surface area contributed by atoms with Gasteiger partial charge in [-0.2, -0.15) is 0 Å². The predicted octanol–water partition coefficient (Wildman–Crippen LogP) is 2.79. The van der Waals surface area contributed by atoms with E-state index in [-0.39, 0.29) is 23.3 Å². The van der Waals surface area contributed by atoms with Crippen LogP contribution < -0.4 is 4.90 Å². The highest BCUT2D eigenvalue weighted by molar-refractivity contribution is 8.14. The minimum Gasteiger partial charge on any atom is -0.468 e. The molecule has 0 aromatic heterocycles. The molecular weight excluding hydrogens is 314 g/mol. The van der Waals surface area contributed by atoms with E-state index in [1.165, 1.54) is 12.0 Å². The highest BCUT2D eigenvalue weighted by atomic mass is 32.2. The van der Waals surface area contributed by atoms with Crippen molar-refractivity contribution in [2.45, 2.75) is 34.1 Å². The second-order valence-electron chi connectivity index (χ2n) is 5.24. The average molecular weight is 337 g/mol. The maximum absolute atomic E-state index is 12.6. The van der Waals surface area contributed by atoms with E-state index in [0.717, 1.165) is 28.5 Å². The van der Waals surface area contributed by atoms with E-state index in [4.69, 9.17) is 4.74 Å². The SMILES string of the molecule is CCC(=O)SCC(=O)N(CC(=O)OC)c1c(C)ccc(C)c1C. The largest absolute Gasteiger partial charge is 0.468 e. The summed E-state index contributed by atoms with van der Waals surface area (Å²) in [5.74, 6) is -0.763. The summed E-state index contributed by atoms with van der Waals surface area (Å²) in [6.07, 6.45) is 0.372. The molecular formula is C17H23NO4S. The molecule has 0 aliphatic carbocycles. The summed E-state index contributed by atoms with van der Waals surface area (Å²) in [7, 11) is 1.29. The summed E-state index contributed by atoms with van der Waals surface area (Å²) in [4.78, 5) is 37.1. The van der Waals surface area contributed by atoms with Crippen LogP contribution in [0.4, 0.5) is 5.69 Å². The molecule has 0 saturated carbocycles. The first-order valence-electron chi connectivity index (χ1n) is 7.41. The van der Waals surface area contributed by atoms with Gasteiger partial charge in [-0.25, -0.2) is 0 Å². The number of aryl methyl sites for hydroxylation is 2. The van der Waals surface area contributed by atoms with E-state index in [2.05, 4.69) is 0 Å². The van der Waals surface area contributed by atoms with Crippen molar-refractivity contribution in [1.82, 2.24) is 0 Å². The lowest BCUT2D eigenvalue weighted by Crippen LogP contribution is -2.38. The number of benzene rings is 1. The van der Waals surface area contributed by atoms with Gasteiger partial charge in [0.2, 0.25) is 5.91 Å². The number of thioether (sulfide) groups is 1. The van der Waals surface area contributed by atoms with Gasteiger partial charge >= 0.3 is 5.97 Å². The van der Waals surface area contributed by atoms with Crippen molar-refractivity contribution >= 4 is 34.4 Å². The van der Waals surface area contributed by atoms with Crippen molar-refractivity contribution < 1.29 is 19.1 Å². The Labute approximate surface area is 141 Å². The van der Waals surface area contributed by atoms with Crippen LogP contribution in [0.25, 0.3) is 0 Å². The molecule has 1 amide bonds. The Hall–Kier alpha value is -1.82. The van der Waals surface area contributed by atoms with Gasteiger partial charge in [-0.05, 0) is 37.5 Å². The molecule has 23 heavy (non-hydrogen) atoms. The average Bonchev–Trinajstić information content (AvgIpc) is 2.54. The highest BCUT2D eigenvalue weighted by Gasteiger charge is 2.23. The lowest BCUT2D eigenvalue weighted by atomic mass is 10.0. The second-order valence-corrected chi connectivity index (χ2v) is 6.28. The quantitative estimate of drug-likeness (QED) is 0.747. The molecule has 0 spiro atoms.